The normalized spacial score (nSPS) is 11.5. The minimum Gasteiger partial charge on any atom is -0.481 e. The molecule has 3 aromatic carbocycles. The molecule has 184 valence electrons. The Bertz CT molecular complexity index is 1110. The van der Waals surface area contributed by atoms with E-state index in [0.29, 0.717) is 6.54 Å². The lowest BCUT2D eigenvalue weighted by Gasteiger charge is -2.31. The lowest BCUT2D eigenvalue weighted by molar-refractivity contribution is -0.142. The molecule has 0 spiro atoms. The van der Waals surface area contributed by atoms with E-state index >= 15 is 0 Å². The Balaban J connectivity index is 1.90. The van der Waals surface area contributed by atoms with Gasteiger partial charge in [-0.1, -0.05) is 74.0 Å². The number of hydrogen-bond donors (Lipinski definition) is 1. The number of halogens is 2. The quantitative estimate of drug-likeness (QED) is 0.375. The van der Waals surface area contributed by atoms with Gasteiger partial charge in [-0.05, 0) is 30.2 Å². The first-order chi connectivity index (χ1) is 17.0. The number of rotatable bonds is 12. The van der Waals surface area contributed by atoms with Gasteiger partial charge >= 0.3 is 0 Å². The second-order valence-electron chi connectivity index (χ2n) is 8.18. The predicted octanol–water partition coefficient (Wildman–Crippen LogP) is 4.90. The highest BCUT2D eigenvalue weighted by Gasteiger charge is 2.31. The Hall–Kier alpha value is -3.74. The molecule has 0 saturated heterocycles. The Morgan fingerprint density at radius 2 is 1.57 bits per heavy atom. The number of para-hydroxylation sites is 1. The number of benzene rings is 3. The van der Waals surface area contributed by atoms with Crippen LogP contribution in [0.1, 0.15) is 30.9 Å². The molecule has 0 aliphatic heterocycles. The van der Waals surface area contributed by atoms with Crippen molar-refractivity contribution in [2.45, 2.75) is 38.8 Å². The van der Waals surface area contributed by atoms with Crippen molar-refractivity contribution in [3.05, 3.63) is 102 Å². The van der Waals surface area contributed by atoms with Crippen molar-refractivity contribution in [1.82, 2.24) is 10.2 Å². The van der Waals surface area contributed by atoms with Gasteiger partial charge in [0.05, 0.1) is 0 Å². The molecule has 5 nitrogen and oxygen atoms in total. The van der Waals surface area contributed by atoms with Crippen molar-refractivity contribution in [2.24, 2.45) is 0 Å². The van der Waals surface area contributed by atoms with Crippen LogP contribution in [-0.4, -0.2) is 35.9 Å². The van der Waals surface area contributed by atoms with Crippen LogP contribution in [-0.2, 0) is 22.6 Å². The molecule has 0 aliphatic carbocycles. The highest BCUT2D eigenvalue weighted by molar-refractivity contribution is 5.88. The Kier molecular flexibility index (Phi) is 9.78. The van der Waals surface area contributed by atoms with E-state index in [1.807, 2.05) is 37.3 Å². The van der Waals surface area contributed by atoms with Gasteiger partial charge in [-0.3, -0.25) is 9.59 Å². The van der Waals surface area contributed by atoms with E-state index in [1.165, 1.54) is 29.2 Å². The lowest BCUT2D eigenvalue weighted by atomic mass is 10.0. The van der Waals surface area contributed by atoms with Crippen LogP contribution >= 0.6 is 0 Å². The largest absolute Gasteiger partial charge is 0.481 e. The molecule has 0 aliphatic rings. The highest BCUT2D eigenvalue weighted by Crippen LogP contribution is 2.19. The first-order valence-electron chi connectivity index (χ1n) is 11.7. The first-order valence-corrected chi connectivity index (χ1v) is 11.7. The standard InChI is InChI=1S/C28H30F2N2O3/c1-2-3-17-31-28(34)25(18-21-11-5-4-6-12-21)32(19-22-13-7-8-14-23(22)29)27(33)20-35-26-16-10-9-15-24(26)30/h4-16,25H,2-3,17-20H2,1H3,(H,31,34)/t25-/m1/s1. The summed E-state index contributed by atoms with van der Waals surface area (Å²) in [6, 6.07) is 20.3. The van der Waals surface area contributed by atoms with E-state index in [0.717, 1.165) is 18.4 Å². The summed E-state index contributed by atoms with van der Waals surface area (Å²) in [5.74, 6) is -2.04. The Morgan fingerprint density at radius 1 is 0.914 bits per heavy atom. The Morgan fingerprint density at radius 3 is 2.26 bits per heavy atom. The van der Waals surface area contributed by atoms with Crippen LogP contribution in [0, 0.1) is 11.6 Å². The molecule has 2 amide bonds. The maximum atomic E-state index is 14.5. The van der Waals surface area contributed by atoms with Gasteiger partial charge in [0.25, 0.3) is 5.91 Å². The minimum absolute atomic E-state index is 0.0706. The fourth-order valence-electron chi connectivity index (χ4n) is 3.65. The van der Waals surface area contributed by atoms with E-state index in [-0.39, 0.29) is 30.2 Å². The zero-order chi connectivity index (χ0) is 25.0. The third kappa shape index (κ3) is 7.64. The van der Waals surface area contributed by atoms with E-state index in [1.54, 1.807) is 24.3 Å². The number of hydrogen-bond acceptors (Lipinski definition) is 3. The molecule has 0 aromatic heterocycles. The number of amides is 2. The maximum absolute atomic E-state index is 14.5. The van der Waals surface area contributed by atoms with E-state index in [9.17, 15) is 18.4 Å². The van der Waals surface area contributed by atoms with Gasteiger partial charge in [0.15, 0.2) is 18.2 Å². The molecule has 0 saturated carbocycles. The molecule has 0 bridgehead atoms. The van der Waals surface area contributed by atoms with Crippen LogP contribution in [0.4, 0.5) is 8.78 Å². The molecule has 0 radical (unpaired) electrons. The smallest absolute Gasteiger partial charge is 0.261 e. The molecular weight excluding hydrogens is 450 g/mol. The molecule has 0 fully saturated rings. The molecule has 3 rings (SSSR count). The number of carbonyl (C=O) groups is 2. The number of ether oxygens (including phenoxy) is 1. The van der Waals surface area contributed by atoms with Crippen molar-refractivity contribution in [3.63, 3.8) is 0 Å². The van der Waals surface area contributed by atoms with Crippen molar-refractivity contribution >= 4 is 11.8 Å². The van der Waals surface area contributed by atoms with E-state index in [4.69, 9.17) is 4.74 Å². The summed E-state index contributed by atoms with van der Waals surface area (Å²) in [7, 11) is 0. The van der Waals surface area contributed by atoms with Gasteiger partial charge in [0.2, 0.25) is 5.91 Å². The lowest BCUT2D eigenvalue weighted by Crippen LogP contribution is -2.52. The van der Waals surface area contributed by atoms with Crippen LogP contribution in [0.3, 0.4) is 0 Å². The second-order valence-corrected chi connectivity index (χ2v) is 8.18. The molecule has 1 N–H and O–H groups in total. The predicted molar refractivity (Wildman–Crippen MR) is 131 cm³/mol. The topological polar surface area (TPSA) is 58.6 Å². The summed E-state index contributed by atoms with van der Waals surface area (Å²) in [4.78, 5) is 28.0. The fourth-order valence-corrected chi connectivity index (χ4v) is 3.65. The Labute approximate surface area is 204 Å². The molecule has 3 aromatic rings. The van der Waals surface area contributed by atoms with Gasteiger partial charge < -0.3 is 15.0 Å². The third-order valence-electron chi connectivity index (χ3n) is 5.59. The number of nitrogens with zero attached hydrogens (tertiary/aromatic N) is 1. The number of unbranched alkanes of at least 4 members (excludes halogenated alkanes) is 1. The summed E-state index contributed by atoms with van der Waals surface area (Å²) in [6.45, 7) is 1.85. The van der Waals surface area contributed by atoms with Crippen LogP contribution in [0.15, 0.2) is 78.9 Å². The monoisotopic (exact) mass is 480 g/mol. The molecule has 0 unspecified atom stereocenters. The average Bonchev–Trinajstić information content (AvgIpc) is 2.87. The van der Waals surface area contributed by atoms with Gasteiger partial charge in [-0.15, -0.1) is 0 Å². The van der Waals surface area contributed by atoms with Gasteiger partial charge in [-0.25, -0.2) is 8.78 Å². The van der Waals surface area contributed by atoms with Crippen LogP contribution in [0.25, 0.3) is 0 Å². The first kappa shape index (κ1) is 25.9. The fraction of sp³-hybridized carbons (Fsp3) is 0.286. The minimum atomic E-state index is -0.911. The van der Waals surface area contributed by atoms with Crippen molar-refractivity contribution in [3.8, 4) is 5.75 Å². The van der Waals surface area contributed by atoms with Gasteiger partial charge in [0, 0.05) is 25.1 Å². The molecule has 35 heavy (non-hydrogen) atoms. The van der Waals surface area contributed by atoms with Gasteiger partial charge in [0.1, 0.15) is 11.9 Å². The second kappa shape index (κ2) is 13.2. The third-order valence-corrected chi connectivity index (χ3v) is 5.59. The van der Waals surface area contributed by atoms with Crippen molar-refractivity contribution < 1.29 is 23.1 Å². The zero-order valence-electron chi connectivity index (χ0n) is 19.8. The highest BCUT2D eigenvalue weighted by atomic mass is 19.1. The summed E-state index contributed by atoms with van der Waals surface area (Å²) in [5.41, 5.74) is 1.12. The average molecular weight is 481 g/mol. The SMILES string of the molecule is CCCCNC(=O)[C@@H](Cc1ccccc1)N(Cc1ccccc1F)C(=O)COc1ccccc1F. The van der Waals surface area contributed by atoms with E-state index in [2.05, 4.69) is 5.32 Å². The van der Waals surface area contributed by atoms with Crippen LogP contribution in [0.5, 0.6) is 5.75 Å². The van der Waals surface area contributed by atoms with Crippen LogP contribution < -0.4 is 10.1 Å². The van der Waals surface area contributed by atoms with Crippen LogP contribution in [0.2, 0.25) is 0 Å². The van der Waals surface area contributed by atoms with Gasteiger partial charge in [-0.2, -0.15) is 0 Å². The number of carbonyl (C=O) groups excluding carboxylic acids is 2. The van der Waals surface area contributed by atoms with Crippen molar-refractivity contribution in [2.75, 3.05) is 13.2 Å². The summed E-state index contributed by atoms with van der Waals surface area (Å²) < 4.78 is 34.0. The molecule has 1 atom stereocenters. The zero-order valence-corrected chi connectivity index (χ0v) is 19.8. The molecular formula is C28H30F2N2O3. The number of nitrogens with one attached hydrogen (secondary N) is 1. The maximum Gasteiger partial charge on any atom is 0.261 e. The molecule has 7 heteroatoms. The van der Waals surface area contributed by atoms with E-state index < -0.39 is 30.2 Å². The molecule has 0 heterocycles. The summed E-state index contributed by atoms with van der Waals surface area (Å²) >= 11 is 0. The van der Waals surface area contributed by atoms with Crippen molar-refractivity contribution in [1.29, 1.82) is 0 Å². The summed E-state index contributed by atoms with van der Waals surface area (Å²) in [5, 5.41) is 2.90. The summed E-state index contributed by atoms with van der Waals surface area (Å²) in [6.07, 6.45) is 1.93.